The summed E-state index contributed by atoms with van der Waals surface area (Å²) in [5, 5.41) is 0.566. The van der Waals surface area contributed by atoms with E-state index in [1.54, 1.807) is 25.4 Å². The number of nitrogens with zero attached hydrogens (tertiary/aromatic N) is 2. The van der Waals surface area contributed by atoms with Gasteiger partial charge in [0, 0.05) is 36.6 Å². The van der Waals surface area contributed by atoms with E-state index in [0.29, 0.717) is 17.0 Å². The van der Waals surface area contributed by atoms with Crippen molar-refractivity contribution in [1.82, 2.24) is 14.9 Å². The van der Waals surface area contributed by atoms with Gasteiger partial charge in [0.25, 0.3) is 5.56 Å². The molecule has 2 aromatic heterocycles. The number of carbonyl (C=O) groups excluding carboxylic acids is 1. The normalized spacial score (nSPS) is 19.2. The average Bonchev–Trinajstić information content (AvgIpc) is 2.63. The third-order valence-electron chi connectivity index (χ3n) is 5.00. The zero-order valence-electron chi connectivity index (χ0n) is 14.7. The third kappa shape index (κ3) is 4.31. The molecular weight excluding hydrogens is 352 g/mol. The molecule has 0 spiro atoms. The Morgan fingerprint density at radius 1 is 1.50 bits per heavy atom. The van der Waals surface area contributed by atoms with E-state index in [9.17, 15) is 9.59 Å². The molecule has 3 heterocycles. The lowest BCUT2D eigenvalue weighted by Crippen LogP contribution is -2.50. The molecule has 0 radical (unpaired) electrons. The van der Waals surface area contributed by atoms with E-state index in [-0.39, 0.29) is 17.4 Å². The van der Waals surface area contributed by atoms with Gasteiger partial charge in [0.1, 0.15) is 0 Å². The Morgan fingerprint density at radius 2 is 2.31 bits per heavy atom. The van der Waals surface area contributed by atoms with Crippen LogP contribution >= 0.6 is 11.6 Å². The van der Waals surface area contributed by atoms with Crippen LogP contribution in [0.15, 0.2) is 35.4 Å². The lowest BCUT2D eigenvalue weighted by atomic mass is 9.89. The zero-order chi connectivity index (χ0) is 18.7. The number of halogens is 1. The summed E-state index contributed by atoms with van der Waals surface area (Å²) in [7, 11) is 0. The Hall–Kier alpha value is -2.18. The summed E-state index contributed by atoms with van der Waals surface area (Å²) in [6.45, 7) is 3.36. The minimum Gasteiger partial charge on any atom is -0.368 e. The van der Waals surface area contributed by atoms with Crippen molar-refractivity contribution >= 4 is 17.5 Å². The number of H-pyrrole nitrogens is 1. The number of piperidine rings is 1. The van der Waals surface area contributed by atoms with Gasteiger partial charge in [0.2, 0.25) is 5.91 Å². The molecule has 2 atom stereocenters. The van der Waals surface area contributed by atoms with Crippen molar-refractivity contribution in [1.29, 1.82) is 0 Å². The molecule has 3 rings (SSSR count). The molecular formula is C19H23ClN4O2. The smallest absolute Gasteiger partial charge is 0.250 e. The van der Waals surface area contributed by atoms with Crippen molar-refractivity contribution in [2.75, 3.05) is 13.1 Å². The second-order valence-electron chi connectivity index (χ2n) is 6.87. The summed E-state index contributed by atoms with van der Waals surface area (Å²) < 4.78 is 0. The Bertz CT molecular complexity index is 834. The van der Waals surface area contributed by atoms with Gasteiger partial charge in [-0.3, -0.25) is 19.5 Å². The van der Waals surface area contributed by atoms with E-state index in [0.717, 1.165) is 37.2 Å². The van der Waals surface area contributed by atoms with Gasteiger partial charge >= 0.3 is 0 Å². The van der Waals surface area contributed by atoms with Crippen LogP contribution in [-0.2, 0) is 11.2 Å². The van der Waals surface area contributed by atoms with Crippen molar-refractivity contribution in [3.05, 3.63) is 62.8 Å². The number of hydrogen-bond donors (Lipinski definition) is 2. The highest BCUT2D eigenvalue weighted by molar-refractivity contribution is 6.30. The number of aryl methyl sites for hydroxylation is 1. The molecule has 0 saturated carbocycles. The van der Waals surface area contributed by atoms with E-state index in [2.05, 4.69) is 14.9 Å². The number of likely N-dealkylation sites (tertiary alicyclic amines) is 1. The first-order valence-electron chi connectivity index (χ1n) is 8.77. The first-order chi connectivity index (χ1) is 12.4. The predicted octanol–water partition coefficient (Wildman–Crippen LogP) is 2.01. The maximum Gasteiger partial charge on any atom is 0.250 e. The molecule has 1 aliphatic rings. The quantitative estimate of drug-likeness (QED) is 0.837. The fourth-order valence-electron chi connectivity index (χ4n) is 3.55. The minimum atomic E-state index is -0.407. The number of amides is 1. The molecule has 0 aliphatic carbocycles. The van der Waals surface area contributed by atoms with Gasteiger partial charge in [-0.1, -0.05) is 11.6 Å². The van der Waals surface area contributed by atoms with Crippen molar-refractivity contribution < 1.29 is 4.79 Å². The van der Waals surface area contributed by atoms with Crippen LogP contribution in [0.1, 0.15) is 35.6 Å². The monoisotopic (exact) mass is 374 g/mol. The molecule has 1 fully saturated rings. The number of aromatic nitrogens is 2. The standard InChI is InChI=1S/C19H23ClN4O2/c1-12-7-14(9-23-19(12)26)13-3-2-6-24(11-13)17(18(21)25)8-16-5-4-15(20)10-22-16/h4-5,7,9-10,13,17H,2-3,6,8,11H2,1H3,(H2,21,25)(H,23,26). The fraction of sp³-hybridized carbons (Fsp3) is 0.421. The second kappa shape index (κ2) is 8.01. The van der Waals surface area contributed by atoms with E-state index in [1.807, 2.05) is 12.1 Å². The van der Waals surface area contributed by atoms with Gasteiger partial charge in [-0.25, -0.2) is 0 Å². The molecule has 3 N–H and O–H groups in total. The summed E-state index contributed by atoms with van der Waals surface area (Å²) in [5.74, 6) is -0.0839. The summed E-state index contributed by atoms with van der Waals surface area (Å²) in [6.07, 6.45) is 5.82. The molecule has 2 aromatic rings. The molecule has 1 amide bonds. The van der Waals surface area contributed by atoms with Crippen molar-refractivity contribution in [2.45, 2.75) is 38.1 Å². The van der Waals surface area contributed by atoms with Crippen LogP contribution in [0.4, 0.5) is 0 Å². The summed E-state index contributed by atoms with van der Waals surface area (Å²) in [4.78, 5) is 32.9. The fourth-order valence-corrected chi connectivity index (χ4v) is 3.66. The maximum absolute atomic E-state index is 12.1. The van der Waals surface area contributed by atoms with E-state index >= 15 is 0 Å². The molecule has 0 aromatic carbocycles. The maximum atomic E-state index is 12.1. The van der Waals surface area contributed by atoms with Crippen molar-refractivity contribution in [2.24, 2.45) is 5.73 Å². The lowest BCUT2D eigenvalue weighted by molar-refractivity contribution is -0.123. The first-order valence-corrected chi connectivity index (χ1v) is 9.15. The largest absolute Gasteiger partial charge is 0.368 e. The van der Waals surface area contributed by atoms with Crippen LogP contribution in [0.25, 0.3) is 0 Å². The summed E-state index contributed by atoms with van der Waals surface area (Å²) in [5.41, 5.74) is 8.22. The highest BCUT2D eigenvalue weighted by Crippen LogP contribution is 2.28. The Labute approximate surface area is 157 Å². The minimum absolute atomic E-state index is 0.0646. The van der Waals surface area contributed by atoms with Crippen LogP contribution in [-0.4, -0.2) is 39.9 Å². The molecule has 1 aliphatic heterocycles. The Balaban J connectivity index is 1.76. The Morgan fingerprint density at radius 3 is 2.96 bits per heavy atom. The number of pyridine rings is 2. The van der Waals surface area contributed by atoms with E-state index < -0.39 is 6.04 Å². The second-order valence-corrected chi connectivity index (χ2v) is 7.31. The van der Waals surface area contributed by atoms with Gasteiger partial charge in [0.15, 0.2) is 0 Å². The number of aromatic amines is 1. The van der Waals surface area contributed by atoms with Crippen molar-refractivity contribution in [3.63, 3.8) is 0 Å². The van der Waals surface area contributed by atoms with Crippen molar-refractivity contribution in [3.8, 4) is 0 Å². The highest BCUT2D eigenvalue weighted by atomic mass is 35.5. The molecule has 138 valence electrons. The number of rotatable bonds is 5. The van der Waals surface area contributed by atoms with Gasteiger partial charge < -0.3 is 10.7 Å². The zero-order valence-corrected chi connectivity index (χ0v) is 15.5. The molecule has 6 nitrogen and oxygen atoms in total. The first kappa shape index (κ1) is 18.6. The van der Waals surface area contributed by atoms with Crippen LogP contribution in [0.5, 0.6) is 0 Å². The van der Waals surface area contributed by atoms with Crippen LogP contribution in [0, 0.1) is 6.92 Å². The average molecular weight is 375 g/mol. The molecule has 26 heavy (non-hydrogen) atoms. The SMILES string of the molecule is Cc1cc(C2CCCN(C(Cc3ccc(Cl)cn3)C(N)=O)C2)c[nH]c1=O. The predicted molar refractivity (Wildman–Crippen MR) is 101 cm³/mol. The molecule has 0 bridgehead atoms. The van der Waals surface area contributed by atoms with Gasteiger partial charge in [-0.2, -0.15) is 0 Å². The molecule has 7 heteroatoms. The van der Waals surface area contributed by atoms with Gasteiger partial charge in [0.05, 0.1) is 11.1 Å². The number of nitrogens with one attached hydrogen (secondary N) is 1. The topological polar surface area (TPSA) is 92.1 Å². The van der Waals surface area contributed by atoms with E-state index in [4.69, 9.17) is 17.3 Å². The number of carbonyl (C=O) groups is 1. The van der Waals surface area contributed by atoms with Crippen LogP contribution < -0.4 is 11.3 Å². The lowest BCUT2D eigenvalue weighted by Gasteiger charge is -2.37. The number of hydrogen-bond acceptors (Lipinski definition) is 4. The van der Waals surface area contributed by atoms with Gasteiger partial charge in [-0.05, 0) is 56.0 Å². The Kier molecular flexibility index (Phi) is 5.74. The molecule has 1 saturated heterocycles. The number of primary amides is 1. The van der Waals surface area contributed by atoms with Gasteiger partial charge in [-0.15, -0.1) is 0 Å². The van der Waals surface area contributed by atoms with E-state index in [1.165, 1.54) is 0 Å². The third-order valence-corrected chi connectivity index (χ3v) is 5.22. The summed E-state index contributed by atoms with van der Waals surface area (Å²) in [6, 6.07) is 5.12. The van der Waals surface area contributed by atoms with Crippen LogP contribution in [0.2, 0.25) is 5.02 Å². The highest BCUT2D eigenvalue weighted by Gasteiger charge is 2.30. The summed E-state index contributed by atoms with van der Waals surface area (Å²) >= 11 is 5.88. The number of nitrogens with two attached hydrogens (primary N) is 1. The molecule has 2 unspecified atom stereocenters. The van der Waals surface area contributed by atoms with Crippen LogP contribution in [0.3, 0.4) is 0 Å².